The molecule has 0 spiro atoms. The number of aromatic amines is 1. The molecule has 3 nitrogen and oxygen atoms in total. The molecule has 0 saturated carbocycles. The summed E-state index contributed by atoms with van der Waals surface area (Å²) in [6.07, 6.45) is 6.93. The van der Waals surface area contributed by atoms with Gasteiger partial charge in [-0.1, -0.05) is 36.4 Å². The zero-order valence-corrected chi connectivity index (χ0v) is 12.9. The lowest BCUT2D eigenvalue weighted by molar-refractivity contribution is 0.691. The van der Waals surface area contributed by atoms with E-state index in [1.807, 2.05) is 12.4 Å². The summed E-state index contributed by atoms with van der Waals surface area (Å²) in [7, 11) is 0. The lowest BCUT2D eigenvalue weighted by Crippen LogP contribution is -2.16. The highest BCUT2D eigenvalue weighted by Crippen LogP contribution is 2.19. The van der Waals surface area contributed by atoms with Gasteiger partial charge in [0.15, 0.2) is 0 Å². The van der Waals surface area contributed by atoms with Gasteiger partial charge >= 0.3 is 0 Å². The molecule has 0 atom stereocenters. The number of para-hydroxylation sites is 1. The van der Waals surface area contributed by atoms with Crippen LogP contribution in [-0.4, -0.2) is 16.5 Å². The number of hydrogen-bond acceptors (Lipinski definition) is 2. The second-order valence-corrected chi connectivity index (χ2v) is 5.80. The topological polar surface area (TPSA) is 40.7 Å². The summed E-state index contributed by atoms with van der Waals surface area (Å²) in [4.78, 5) is 7.53. The highest BCUT2D eigenvalue weighted by atomic mass is 14.8. The normalized spacial score (nSPS) is 11.3. The van der Waals surface area contributed by atoms with Crippen molar-refractivity contribution in [3.05, 3.63) is 78.2 Å². The van der Waals surface area contributed by atoms with Gasteiger partial charge in [0.05, 0.1) is 0 Å². The smallest absolute Gasteiger partial charge is 0.0456 e. The van der Waals surface area contributed by atoms with Crippen LogP contribution in [0.3, 0.4) is 0 Å². The van der Waals surface area contributed by atoms with Crippen LogP contribution in [-0.2, 0) is 13.0 Å². The molecule has 4 rings (SSSR count). The lowest BCUT2D eigenvalue weighted by atomic mass is 10.1. The van der Waals surface area contributed by atoms with Gasteiger partial charge in [-0.25, -0.2) is 0 Å². The maximum Gasteiger partial charge on any atom is 0.0456 e. The number of pyridine rings is 1. The van der Waals surface area contributed by atoms with Crippen LogP contribution in [0.5, 0.6) is 0 Å². The Morgan fingerprint density at radius 1 is 0.913 bits per heavy atom. The minimum absolute atomic E-state index is 0.879. The Morgan fingerprint density at radius 3 is 2.87 bits per heavy atom. The highest BCUT2D eigenvalue weighted by Gasteiger charge is 2.03. The number of H-pyrrole nitrogens is 1. The molecule has 0 fully saturated rings. The summed E-state index contributed by atoms with van der Waals surface area (Å²) in [5, 5.41) is 7.36. The molecule has 0 bridgehead atoms. The number of nitrogens with zero attached hydrogens (tertiary/aromatic N) is 1. The maximum atomic E-state index is 4.19. The molecule has 4 aromatic rings. The predicted octanol–water partition coefficient (Wildman–Crippen LogP) is 4.05. The van der Waals surface area contributed by atoms with E-state index >= 15 is 0 Å². The summed E-state index contributed by atoms with van der Waals surface area (Å²) in [6.45, 7) is 1.84. The Balaban J connectivity index is 1.42. The molecule has 0 amide bonds. The van der Waals surface area contributed by atoms with Crippen molar-refractivity contribution in [1.82, 2.24) is 15.3 Å². The molecule has 0 radical (unpaired) electrons. The Morgan fingerprint density at radius 2 is 1.87 bits per heavy atom. The fraction of sp³-hybridized carbons (Fsp3) is 0.150. The molecule has 23 heavy (non-hydrogen) atoms. The van der Waals surface area contributed by atoms with Crippen molar-refractivity contribution >= 4 is 21.7 Å². The van der Waals surface area contributed by atoms with E-state index in [0.717, 1.165) is 19.5 Å². The predicted molar refractivity (Wildman–Crippen MR) is 95.5 cm³/mol. The van der Waals surface area contributed by atoms with Crippen molar-refractivity contribution in [1.29, 1.82) is 0 Å². The molecular formula is C20H19N3. The molecule has 0 unspecified atom stereocenters. The van der Waals surface area contributed by atoms with Gasteiger partial charge < -0.3 is 10.3 Å². The number of aromatic nitrogens is 2. The first kappa shape index (κ1) is 14.0. The molecular weight excluding hydrogens is 282 g/mol. The van der Waals surface area contributed by atoms with E-state index in [2.05, 4.69) is 70.0 Å². The van der Waals surface area contributed by atoms with Crippen molar-refractivity contribution < 1.29 is 0 Å². The van der Waals surface area contributed by atoms with Crippen LogP contribution in [0.4, 0.5) is 0 Å². The summed E-state index contributed by atoms with van der Waals surface area (Å²) < 4.78 is 0. The van der Waals surface area contributed by atoms with Crippen molar-refractivity contribution in [3.8, 4) is 0 Å². The highest BCUT2D eigenvalue weighted by molar-refractivity contribution is 5.85. The van der Waals surface area contributed by atoms with Gasteiger partial charge in [-0.05, 0) is 41.6 Å². The summed E-state index contributed by atoms with van der Waals surface area (Å²) >= 11 is 0. The van der Waals surface area contributed by atoms with Crippen LogP contribution >= 0.6 is 0 Å². The summed E-state index contributed by atoms with van der Waals surface area (Å²) in [6, 6.07) is 16.9. The summed E-state index contributed by atoms with van der Waals surface area (Å²) in [5.41, 5.74) is 3.91. The molecule has 3 heteroatoms. The fourth-order valence-electron chi connectivity index (χ4n) is 3.13. The number of benzene rings is 2. The van der Waals surface area contributed by atoms with Crippen molar-refractivity contribution in [2.24, 2.45) is 0 Å². The average Bonchev–Trinajstić information content (AvgIpc) is 3.02. The van der Waals surface area contributed by atoms with Gasteiger partial charge in [-0.15, -0.1) is 0 Å². The number of rotatable bonds is 5. The standard InChI is InChI=1S/C20H19N3/c1-2-7-20-19(6-1)17(14-23-20)8-10-21-12-15-4-3-5-16-13-22-11-9-18(15)16/h1-7,9,11,13-14,21,23H,8,10,12H2. The lowest BCUT2D eigenvalue weighted by Gasteiger charge is -2.08. The molecule has 0 aliphatic carbocycles. The van der Waals surface area contributed by atoms with Crippen molar-refractivity contribution in [3.63, 3.8) is 0 Å². The number of hydrogen-bond donors (Lipinski definition) is 2. The van der Waals surface area contributed by atoms with Crippen LogP contribution < -0.4 is 5.32 Å². The first-order chi connectivity index (χ1) is 11.4. The van der Waals surface area contributed by atoms with Gasteiger partial charge in [0.25, 0.3) is 0 Å². The van der Waals surface area contributed by atoms with Gasteiger partial charge in [-0.3, -0.25) is 4.98 Å². The van der Waals surface area contributed by atoms with E-state index in [1.165, 1.54) is 32.8 Å². The van der Waals surface area contributed by atoms with Crippen LogP contribution in [0.15, 0.2) is 67.1 Å². The largest absolute Gasteiger partial charge is 0.361 e. The molecule has 2 aromatic heterocycles. The summed E-state index contributed by atoms with van der Waals surface area (Å²) in [5.74, 6) is 0. The first-order valence-electron chi connectivity index (χ1n) is 7.99. The fourth-order valence-corrected chi connectivity index (χ4v) is 3.13. The third kappa shape index (κ3) is 2.83. The maximum absolute atomic E-state index is 4.19. The SMILES string of the molecule is c1cc(CNCCc2c[nH]c3ccccc23)c2ccncc2c1. The van der Waals surface area contributed by atoms with E-state index in [9.17, 15) is 0 Å². The van der Waals surface area contributed by atoms with Gasteiger partial charge in [-0.2, -0.15) is 0 Å². The minimum atomic E-state index is 0.879. The van der Waals surface area contributed by atoms with E-state index in [-0.39, 0.29) is 0 Å². The van der Waals surface area contributed by atoms with E-state index in [0.29, 0.717) is 0 Å². The van der Waals surface area contributed by atoms with E-state index in [1.54, 1.807) is 0 Å². The second-order valence-electron chi connectivity index (χ2n) is 5.80. The van der Waals surface area contributed by atoms with Crippen LogP contribution in [0.1, 0.15) is 11.1 Å². The average molecular weight is 301 g/mol. The van der Waals surface area contributed by atoms with Gasteiger partial charge in [0.1, 0.15) is 0 Å². The third-order valence-electron chi connectivity index (χ3n) is 4.33. The third-order valence-corrected chi connectivity index (χ3v) is 4.33. The Bertz CT molecular complexity index is 934. The molecule has 2 N–H and O–H groups in total. The van der Waals surface area contributed by atoms with Crippen molar-refractivity contribution in [2.45, 2.75) is 13.0 Å². The molecule has 2 aromatic carbocycles. The molecule has 0 aliphatic heterocycles. The second kappa shape index (κ2) is 6.23. The van der Waals surface area contributed by atoms with Crippen LogP contribution in [0.25, 0.3) is 21.7 Å². The molecule has 0 aliphatic rings. The molecule has 114 valence electrons. The number of nitrogens with one attached hydrogen (secondary N) is 2. The van der Waals surface area contributed by atoms with E-state index in [4.69, 9.17) is 0 Å². The molecule has 2 heterocycles. The zero-order valence-electron chi connectivity index (χ0n) is 12.9. The zero-order chi connectivity index (χ0) is 15.5. The van der Waals surface area contributed by atoms with Crippen molar-refractivity contribution in [2.75, 3.05) is 6.54 Å². The van der Waals surface area contributed by atoms with E-state index < -0.39 is 0 Å². The van der Waals surface area contributed by atoms with Crippen LogP contribution in [0.2, 0.25) is 0 Å². The monoisotopic (exact) mass is 301 g/mol. The Hall–Kier alpha value is -2.65. The Kier molecular flexibility index (Phi) is 3.78. The first-order valence-corrected chi connectivity index (χ1v) is 7.99. The quantitative estimate of drug-likeness (QED) is 0.546. The minimum Gasteiger partial charge on any atom is -0.361 e. The number of fused-ring (bicyclic) bond motifs is 2. The van der Waals surface area contributed by atoms with Gasteiger partial charge in [0.2, 0.25) is 0 Å². The molecule has 0 saturated heterocycles. The Labute approximate surface area is 135 Å². The van der Waals surface area contributed by atoms with Crippen LogP contribution in [0, 0.1) is 0 Å². The van der Waals surface area contributed by atoms with Gasteiger partial charge in [0, 0.05) is 41.4 Å².